The zero-order valence-corrected chi connectivity index (χ0v) is 14.1. The van der Waals surface area contributed by atoms with Crippen molar-refractivity contribution in [3.8, 4) is 16.5 Å². The van der Waals surface area contributed by atoms with E-state index in [1.807, 2.05) is 0 Å². The Morgan fingerprint density at radius 1 is 1.24 bits per heavy atom. The van der Waals surface area contributed by atoms with E-state index in [-0.39, 0.29) is 5.56 Å². The summed E-state index contributed by atoms with van der Waals surface area (Å²) in [5, 5.41) is 8.93. The monoisotopic (exact) mass is 350 g/mol. The Balaban J connectivity index is 2.26. The van der Waals surface area contributed by atoms with E-state index in [1.54, 1.807) is 43.3 Å². The molecule has 0 fully saturated rings. The maximum atomic E-state index is 12.1. The van der Waals surface area contributed by atoms with Crippen LogP contribution in [0.1, 0.15) is 26.4 Å². The molecule has 124 valence electrons. The summed E-state index contributed by atoms with van der Waals surface area (Å²) in [5.74, 6) is -1.31. The number of rotatable bonds is 4. The summed E-state index contributed by atoms with van der Waals surface area (Å²) in [5.41, 5.74) is 12.0. The van der Waals surface area contributed by atoms with Crippen molar-refractivity contribution in [1.29, 1.82) is 5.26 Å². The van der Waals surface area contributed by atoms with E-state index in [9.17, 15) is 9.59 Å². The highest BCUT2D eigenvalue weighted by atomic mass is 32.1. The Morgan fingerprint density at radius 3 is 2.40 bits per heavy atom. The van der Waals surface area contributed by atoms with E-state index in [0.29, 0.717) is 16.0 Å². The molecular weight excluding hydrogens is 336 g/mol. The summed E-state index contributed by atoms with van der Waals surface area (Å²) >= 11 is 1.26. The average Bonchev–Trinajstić information content (AvgIpc) is 3.20. The molecule has 6 nitrogen and oxygen atoms in total. The van der Waals surface area contributed by atoms with Gasteiger partial charge in [0.05, 0.1) is 22.1 Å². The maximum absolute atomic E-state index is 12.1. The van der Waals surface area contributed by atoms with Crippen molar-refractivity contribution in [2.24, 2.45) is 16.5 Å². The molecule has 1 unspecified atom stereocenters. The standard InChI is InChI=1S/C18H14N4O2S/c1-10-13(16(20)23)15(18(17(21)24)7-2-8-22-18)25-14(10)12-5-3-11(9-19)4-6-12/h2-8H,1H3,(H2,20,23)(H2,21,24). The van der Waals surface area contributed by atoms with Crippen LogP contribution in [-0.4, -0.2) is 18.0 Å². The third-order valence-corrected chi connectivity index (χ3v) is 5.56. The number of primary amides is 2. The first-order valence-corrected chi connectivity index (χ1v) is 8.19. The summed E-state index contributed by atoms with van der Waals surface area (Å²) in [4.78, 5) is 29.6. The second-order valence-corrected chi connectivity index (χ2v) is 6.60. The highest BCUT2D eigenvalue weighted by molar-refractivity contribution is 7.16. The fraction of sp³-hybridized carbons (Fsp3) is 0.111. The zero-order chi connectivity index (χ0) is 18.2. The van der Waals surface area contributed by atoms with Crippen molar-refractivity contribution < 1.29 is 9.59 Å². The van der Waals surface area contributed by atoms with Gasteiger partial charge in [-0.25, -0.2) is 0 Å². The number of carbonyl (C=O) groups is 2. The molecule has 0 saturated heterocycles. The van der Waals surface area contributed by atoms with Gasteiger partial charge in [0, 0.05) is 11.1 Å². The van der Waals surface area contributed by atoms with Crippen LogP contribution >= 0.6 is 11.3 Å². The van der Waals surface area contributed by atoms with Crippen LogP contribution in [0, 0.1) is 18.3 Å². The summed E-state index contributed by atoms with van der Waals surface area (Å²) < 4.78 is 0. The minimum atomic E-state index is -1.41. The Kier molecular flexibility index (Phi) is 3.99. The van der Waals surface area contributed by atoms with Crippen molar-refractivity contribution in [1.82, 2.24) is 0 Å². The fourth-order valence-corrected chi connectivity index (χ4v) is 4.27. The predicted octanol–water partition coefficient (Wildman–Crippen LogP) is 2.02. The van der Waals surface area contributed by atoms with Crippen LogP contribution < -0.4 is 11.5 Å². The minimum Gasteiger partial charge on any atom is -0.367 e. The number of nitriles is 1. The minimum absolute atomic E-state index is 0.256. The lowest BCUT2D eigenvalue weighted by atomic mass is 9.92. The van der Waals surface area contributed by atoms with Gasteiger partial charge in [0.15, 0.2) is 5.54 Å². The lowest BCUT2D eigenvalue weighted by Crippen LogP contribution is -2.37. The summed E-state index contributed by atoms with van der Waals surface area (Å²) in [6.07, 6.45) is 4.66. The van der Waals surface area contributed by atoms with E-state index >= 15 is 0 Å². The Bertz CT molecular complexity index is 966. The molecular formula is C18H14N4O2S. The number of amides is 2. The average molecular weight is 350 g/mol. The lowest BCUT2D eigenvalue weighted by Gasteiger charge is -2.20. The van der Waals surface area contributed by atoms with Gasteiger partial charge in [-0.2, -0.15) is 5.26 Å². The van der Waals surface area contributed by atoms with Gasteiger partial charge >= 0.3 is 0 Å². The van der Waals surface area contributed by atoms with Gasteiger partial charge in [0.25, 0.3) is 5.91 Å². The van der Waals surface area contributed by atoms with Crippen LogP contribution in [-0.2, 0) is 10.3 Å². The quantitative estimate of drug-likeness (QED) is 0.876. The summed E-state index contributed by atoms with van der Waals surface area (Å²) in [7, 11) is 0. The van der Waals surface area contributed by atoms with Crippen LogP contribution in [0.25, 0.3) is 10.4 Å². The Hall–Kier alpha value is -3.24. The molecule has 25 heavy (non-hydrogen) atoms. The van der Waals surface area contributed by atoms with Crippen molar-refractivity contribution in [2.75, 3.05) is 0 Å². The summed E-state index contributed by atoms with van der Waals surface area (Å²) in [6.45, 7) is 1.77. The molecule has 0 radical (unpaired) electrons. The number of hydrogen-bond acceptors (Lipinski definition) is 5. The number of allylic oxidation sites excluding steroid dienone is 1. The highest BCUT2D eigenvalue weighted by Crippen LogP contribution is 2.44. The van der Waals surface area contributed by atoms with Crippen molar-refractivity contribution >= 4 is 29.4 Å². The molecule has 2 heterocycles. The summed E-state index contributed by atoms with van der Waals surface area (Å²) in [6, 6.07) is 9.02. The van der Waals surface area contributed by atoms with Gasteiger partial charge < -0.3 is 11.5 Å². The molecule has 4 N–H and O–H groups in total. The SMILES string of the molecule is Cc1c(-c2ccc(C#N)cc2)sc(C2(C(N)=O)C=CC=N2)c1C(N)=O. The first kappa shape index (κ1) is 16.6. The van der Waals surface area contributed by atoms with Crippen LogP contribution in [0.5, 0.6) is 0 Å². The topological polar surface area (TPSA) is 122 Å². The van der Waals surface area contributed by atoms with Crippen LogP contribution in [0.15, 0.2) is 41.4 Å². The molecule has 1 aliphatic heterocycles. The van der Waals surface area contributed by atoms with Crippen LogP contribution in [0.3, 0.4) is 0 Å². The van der Waals surface area contributed by atoms with Gasteiger partial charge in [-0.05, 0) is 42.3 Å². The number of hydrogen-bond donors (Lipinski definition) is 2. The van der Waals surface area contributed by atoms with Crippen LogP contribution in [0.4, 0.5) is 0 Å². The molecule has 1 aromatic heterocycles. The van der Waals surface area contributed by atoms with E-state index in [1.165, 1.54) is 17.6 Å². The molecule has 0 bridgehead atoms. The second-order valence-electron chi connectivity index (χ2n) is 5.58. The first-order valence-electron chi connectivity index (χ1n) is 7.38. The molecule has 1 aliphatic rings. The number of benzene rings is 1. The smallest absolute Gasteiger partial charge is 0.254 e. The molecule has 7 heteroatoms. The number of nitrogens with zero attached hydrogens (tertiary/aromatic N) is 2. The molecule has 0 aliphatic carbocycles. The van der Waals surface area contributed by atoms with E-state index in [0.717, 1.165) is 10.4 Å². The second kappa shape index (κ2) is 6.00. The number of thiophene rings is 1. The molecule has 0 saturated carbocycles. The van der Waals surface area contributed by atoms with E-state index in [2.05, 4.69) is 11.1 Å². The van der Waals surface area contributed by atoms with E-state index in [4.69, 9.17) is 16.7 Å². The zero-order valence-electron chi connectivity index (χ0n) is 13.3. The normalized spacial score (nSPS) is 18.2. The van der Waals surface area contributed by atoms with Crippen molar-refractivity contribution in [3.63, 3.8) is 0 Å². The third kappa shape index (κ3) is 2.53. The van der Waals surface area contributed by atoms with Crippen LogP contribution in [0.2, 0.25) is 0 Å². The molecule has 0 spiro atoms. The van der Waals surface area contributed by atoms with Crippen molar-refractivity contribution in [3.05, 3.63) is 58.0 Å². The number of aliphatic imine (C=N–C) groups is 1. The van der Waals surface area contributed by atoms with Gasteiger partial charge in [-0.1, -0.05) is 12.1 Å². The van der Waals surface area contributed by atoms with Crippen molar-refractivity contribution in [2.45, 2.75) is 12.5 Å². The molecule has 3 rings (SSSR count). The largest absolute Gasteiger partial charge is 0.367 e. The number of nitrogens with two attached hydrogens (primary N) is 2. The fourth-order valence-electron chi connectivity index (χ4n) is 2.83. The van der Waals surface area contributed by atoms with Gasteiger partial charge in [0.1, 0.15) is 0 Å². The van der Waals surface area contributed by atoms with Gasteiger partial charge in [-0.15, -0.1) is 11.3 Å². The predicted molar refractivity (Wildman–Crippen MR) is 96.2 cm³/mol. The number of carbonyl (C=O) groups excluding carboxylic acids is 2. The maximum Gasteiger partial charge on any atom is 0.254 e. The van der Waals surface area contributed by atoms with E-state index < -0.39 is 17.4 Å². The Morgan fingerprint density at radius 2 is 1.92 bits per heavy atom. The first-order chi connectivity index (χ1) is 11.9. The molecule has 1 atom stereocenters. The third-order valence-electron chi connectivity index (χ3n) is 4.09. The Labute approximate surface area is 148 Å². The molecule has 1 aromatic carbocycles. The highest BCUT2D eigenvalue weighted by Gasteiger charge is 2.42. The lowest BCUT2D eigenvalue weighted by molar-refractivity contribution is -0.121. The molecule has 2 aromatic rings. The van der Waals surface area contributed by atoms with Gasteiger partial charge in [0.2, 0.25) is 5.91 Å². The van der Waals surface area contributed by atoms with Gasteiger partial charge in [-0.3, -0.25) is 14.6 Å². The molecule has 2 amide bonds.